The minimum absolute atomic E-state index is 0.0939. The summed E-state index contributed by atoms with van der Waals surface area (Å²) in [6.07, 6.45) is 1.26. The molecular formula is C11H17BrO2S2. The van der Waals surface area contributed by atoms with Gasteiger partial charge in [-0.1, -0.05) is 36.7 Å². The van der Waals surface area contributed by atoms with Crippen molar-refractivity contribution in [2.24, 2.45) is 0 Å². The van der Waals surface area contributed by atoms with Crippen molar-refractivity contribution in [3.63, 3.8) is 0 Å². The number of halogens is 1. The molecule has 1 aromatic heterocycles. The number of rotatable bonds is 3. The van der Waals surface area contributed by atoms with Crippen molar-refractivity contribution in [3.05, 3.63) is 21.9 Å². The van der Waals surface area contributed by atoms with Crippen molar-refractivity contribution in [2.45, 2.75) is 31.0 Å². The second kappa shape index (κ2) is 4.78. The van der Waals surface area contributed by atoms with Gasteiger partial charge in [0, 0.05) is 16.0 Å². The summed E-state index contributed by atoms with van der Waals surface area (Å²) in [4.78, 5) is 2.26. The van der Waals surface area contributed by atoms with E-state index in [4.69, 9.17) is 0 Å². The number of hydrogen-bond acceptors (Lipinski definition) is 3. The molecule has 1 atom stereocenters. The zero-order valence-electron chi connectivity index (χ0n) is 9.95. The lowest BCUT2D eigenvalue weighted by molar-refractivity contribution is 0.601. The molecule has 1 heterocycles. The van der Waals surface area contributed by atoms with Crippen LogP contribution in [0.5, 0.6) is 0 Å². The van der Waals surface area contributed by atoms with Crippen LogP contribution in [0.1, 0.15) is 35.4 Å². The summed E-state index contributed by atoms with van der Waals surface area (Å²) >= 11 is 5.11. The molecule has 2 nitrogen and oxygen atoms in total. The summed E-state index contributed by atoms with van der Waals surface area (Å²) in [6, 6.07) is 4.09. The molecule has 0 spiro atoms. The average molecular weight is 325 g/mol. The van der Waals surface area contributed by atoms with Crippen LogP contribution in [0, 0.1) is 0 Å². The molecule has 1 aromatic rings. The molecular weight excluding hydrogens is 308 g/mol. The van der Waals surface area contributed by atoms with Crippen LogP contribution < -0.4 is 0 Å². The Hall–Kier alpha value is 0.130. The Balaban J connectivity index is 2.87. The van der Waals surface area contributed by atoms with E-state index in [9.17, 15) is 8.42 Å². The molecule has 0 N–H and O–H groups in total. The zero-order chi connectivity index (χ0) is 12.6. The SMILES string of the molecule is CC(C)(C)c1ccc(C(Br)CS(C)(=O)=O)s1. The highest BCUT2D eigenvalue weighted by Crippen LogP contribution is 2.35. The van der Waals surface area contributed by atoms with Crippen LogP contribution in [-0.4, -0.2) is 20.4 Å². The summed E-state index contributed by atoms with van der Waals surface area (Å²) in [5.74, 6) is 0.150. The molecule has 1 unspecified atom stereocenters. The lowest BCUT2D eigenvalue weighted by Gasteiger charge is -2.15. The highest BCUT2D eigenvalue weighted by molar-refractivity contribution is 9.09. The molecule has 0 saturated heterocycles. The number of thiophene rings is 1. The largest absolute Gasteiger partial charge is 0.229 e. The molecule has 0 aliphatic heterocycles. The van der Waals surface area contributed by atoms with Gasteiger partial charge in [0.1, 0.15) is 9.84 Å². The number of alkyl halides is 1. The fourth-order valence-electron chi connectivity index (χ4n) is 1.27. The zero-order valence-corrected chi connectivity index (χ0v) is 13.2. The van der Waals surface area contributed by atoms with Crippen LogP contribution in [0.3, 0.4) is 0 Å². The molecule has 0 aromatic carbocycles. The number of hydrogen-bond donors (Lipinski definition) is 0. The molecule has 0 saturated carbocycles. The molecule has 16 heavy (non-hydrogen) atoms. The van der Waals surface area contributed by atoms with E-state index in [0.29, 0.717) is 0 Å². The molecule has 5 heteroatoms. The minimum atomic E-state index is -2.94. The molecule has 92 valence electrons. The summed E-state index contributed by atoms with van der Waals surface area (Å²) in [5, 5.41) is 0. The third-order valence-corrected chi connectivity index (χ3v) is 6.24. The van der Waals surface area contributed by atoms with Crippen LogP contribution in [-0.2, 0) is 15.3 Å². The molecule has 0 fully saturated rings. The van der Waals surface area contributed by atoms with Gasteiger partial charge in [-0.05, 0) is 17.5 Å². The van der Waals surface area contributed by atoms with Gasteiger partial charge in [0.15, 0.2) is 0 Å². The monoisotopic (exact) mass is 324 g/mol. The average Bonchev–Trinajstić information content (AvgIpc) is 2.46. The molecule has 0 aliphatic rings. The van der Waals surface area contributed by atoms with Gasteiger partial charge in [-0.3, -0.25) is 0 Å². The van der Waals surface area contributed by atoms with Crippen molar-refractivity contribution in [1.82, 2.24) is 0 Å². The lowest BCUT2D eigenvalue weighted by atomic mass is 9.95. The van der Waals surface area contributed by atoms with Crippen LogP contribution in [0.25, 0.3) is 0 Å². The van der Waals surface area contributed by atoms with Crippen LogP contribution >= 0.6 is 27.3 Å². The quantitative estimate of drug-likeness (QED) is 0.797. The van der Waals surface area contributed by atoms with Crippen molar-refractivity contribution in [2.75, 3.05) is 12.0 Å². The first-order chi connectivity index (χ1) is 7.09. The Bertz CT molecular complexity index is 455. The fraction of sp³-hybridized carbons (Fsp3) is 0.636. The third-order valence-electron chi connectivity index (χ3n) is 2.12. The van der Waals surface area contributed by atoms with E-state index in [1.54, 1.807) is 11.3 Å². The minimum Gasteiger partial charge on any atom is -0.229 e. The highest BCUT2D eigenvalue weighted by atomic mass is 79.9. The Morgan fingerprint density at radius 2 is 1.94 bits per heavy atom. The third kappa shape index (κ3) is 4.18. The van der Waals surface area contributed by atoms with E-state index >= 15 is 0 Å². The van der Waals surface area contributed by atoms with Gasteiger partial charge >= 0.3 is 0 Å². The Kier molecular flexibility index (Phi) is 4.24. The molecule has 0 radical (unpaired) electrons. The van der Waals surface area contributed by atoms with E-state index in [1.165, 1.54) is 11.1 Å². The van der Waals surface area contributed by atoms with Gasteiger partial charge in [-0.25, -0.2) is 8.42 Å². The maximum atomic E-state index is 11.2. The van der Waals surface area contributed by atoms with E-state index in [1.807, 2.05) is 6.07 Å². The normalized spacial score (nSPS) is 15.1. The van der Waals surface area contributed by atoms with E-state index in [0.717, 1.165) is 4.88 Å². The second-order valence-corrected chi connectivity index (χ2v) is 9.42. The van der Waals surface area contributed by atoms with Gasteiger partial charge < -0.3 is 0 Å². The van der Waals surface area contributed by atoms with E-state index < -0.39 is 9.84 Å². The molecule has 0 amide bonds. The topological polar surface area (TPSA) is 34.1 Å². The number of sulfone groups is 1. The van der Waals surface area contributed by atoms with Gasteiger partial charge in [0.2, 0.25) is 0 Å². The second-order valence-electron chi connectivity index (χ2n) is 5.01. The first-order valence-electron chi connectivity index (χ1n) is 5.01. The van der Waals surface area contributed by atoms with Gasteiger partial charge in [0.25, 0.3) is 0 Å². The molecule has 0 bridgehead atoms. The fourth-order valence-corrected chi connectivity index (χ4v) is 5.01. The standard InChI is InChI=1S/C11H17BrO2S2/c1-11(2,3)10-6-5-9(15-10)8(12)7-16(4,13)14/h5-6,8H,7H2,1-4H3. The van der Waals surface area contributed by atoms with Crippen molar-refractivity contribution >= 4 is 37.1 Å². The first kappa shape index (κ1) is 14.2. The van der Waals surface area contributed by atoms with Gasteiger partial charge in [0.05, 0.1) is 10.6 Å². The van der Waals surface area contributed by atoms with Crippen molar-refractivity contribution < 1.29 is 8.42 Å². The van der Waals surface area contributed by atoms with Gasteiger partial charge in [-0.2, -0.15) is 0 Å². The lowest BCUT2D eigenvalue weighted by Crippen LogP contribution is -2.08. The summed E-state index contributed by atoms with van der Waals surface area (Å²) in [5.41, 5.74) is 0.126. The predicted octanol–water partition coefficient (Wildman–Crippen LogP) is 3.53. The van der Waals surface area contributed by atoms with Crippen LogP contribution in [0.4, 0.5) is 0 Å². The van der Waals surface area contributed by atoms with E-state index in [2.05, 4.69) is 42.8 Å². The molecule has 1 rings (SSSR count). The smallest absolute Gasteiger partial charge is 0.148 e. The first-order valence-corrected chi connectivity index (χ1v) is 8.81. The highest BCUT2D eigenvalue weighted by Gasteiger charge is 2.20. The Labute approximate surface area is 110 Å². The Morgan fingerprint density at radius 3 is 2.31 bits per heavy atom. The summed E-state index contributed by atoms with van der Waals surface area (Å²) < 4.78 is 22.4. The summed E-state index contributed by atoms with van der Waals surface area (Å²) in [7, 11) is -2.94. The maximum Gasteiger partial charge on any atom is 0.148 e. The maximum absolute atomic E-state index is 11.2. The Morgan fingerprint density at radius 1 is 1.38 bits per heavy atom. The van der Waals surface area contributed by atoms with Crippen molar-refractivity contribution in [1.29, 1.82) is 0 Å². The predicted molar refractivity (Wildman–Crippen MR) is 74.4 cm³/mol. The van der Waals surface area contributed by atoms with Crippen LogP contribution in [0.2, 0.25) is 0 Å². The molecule has 0 aliphatic carbocycles. The summed E-state index contributed by atoms with van der Waals surface area (Å²) in [6.45, 7) is 6.47. The van der Waals surface area contributed by atoms with E-state index in [-0.39, 0.29) is 16.0 Å². The van der Waals surface area contributed by atoms with Crippen LogP contribution in [0.15, 0.2) is 12.1 Å². The van der Waals surface area contributed by atoms with Gasteiger partial charge in [-0.15, -0.1) is 11.3 Å². The van der Waals surface area contributed by atoms with Crippen molar-refractivity contribution in [3.8, 4) is 0 Å².